The number of ketones is 1. The molecule has 134 valence electrons. The number of aryl methyl sites for hydroxylation is 1. The van der Waals surface area contributed by atoms with Gasteiger partial charge in [-0.2, -0.15) is 0 Å². The average molecular weight is 387 g/mol. The standard InChI is InChI=1S/C20H19ClN2O2S/c21-20-10-9-19(26-20)18(24)8-7-16-13-17(22-25-16)14-3-5-15(6-4-14)23-11-1-2-12-23/h3-6,9-10,13H,1-2,7-8,11-12H2. The molecule has 1 saturated heterocycles. The molecule has 0 aliphatic carbocycles. The van der Waals surface area contributed by atoms with Crippen LogP contribution in [-0.2, 0) is 6.42 Å². The van der Waals surface area contributed by atoms with Crippen LogP contribution in [0.4, 0.5) is 5.69 Å². The number of halogens is 1. The Morgan fingerprint density at radius 1 is 1.15 bits per heavy atom. The molecule has 0 atom stereocenters. The van der Waals surface area contributed by atoms with E-state index in [0.717, 1.165) is 30.1 Å². The lowest BCUT2D eigenvalue weighted by Gasteiger charge is -2.17. The first-order valence-corrected chi connectivity index (χ1v) is 9.98. The number of anilines is 1. The molecule has 0 N–H and O–H groups in total. The summed E-state index contributed by atoms with van der Waals surface area (Å²) >= 11 is 7.19. The molecule has 1 aliphatic rings. The van der Waals surface area contributed by atoms with Crippen molar-refractivity contribution in [2.45, 2.75) is 25.7 Å². The summed E-state index contributed by atoms with van der Waals surface area (Å²) in [6.45, 7) is 2.27. The minimum atomic E-state index is 0.0785. The van der Waals surface area contributed by atoms with Gasteiger partial charge in [-0.1, -0.05) is 28.9 Å². The normalized spacial score (nSPS) is 14.1. The van der Waals surface area contributed by atoms with Crippen LogP contribution in [0.5, 0.6) is 0 Å². The van der Waals surface area contributed by atoms with Gasteiger partial charge in [-0.05, 0) is 37.1 Å². The van der Waals surface area contributed by atoms with Gasteiger partial charge in [0.15, 0.2) is 5.78 Å². The molecule has 2 aromatic heterocycles. The Kier molecular flexibility index (Phi) is 5.09. The van der Waals surface area contributed by atoms with Crippen molar-refractivity contribution < 1.29 is 9.32 Å². The van der Waals surface area contributed by atoms with Crippen molar-refractivity contribution in [3.8, 4) is 11.3 Å². The zero-order chi connectivity index (χ0) is 17.9. The third-order valence-corrected chi connectivity index (χ3v) is 5.91. The van der Waals surface area contributed by atoms with Gasteiger partial charge in [-0.25, -0.2) is 0 Å². The molecule has 1 aromatic carbocycles. The first kappa shape index (κ1) is 17.3. The van der Waals surface area contributed by atoms with Gasteiger partial charge in [0.25, 0.3) is 0 Å². The summed E-state index contributed by atoms with van der Waals surface area (Å²) in [6.07, 6.45) is 3.46. The molecule has 0 radical (unpaired) electrons. The van der Waals surface area contributed by atoms with Gasteiger partial charge >= 0.3 is 0 Å². The third kappa shape index (κ3) is 3.84. The van der Waals surface area contributed by atoms with E-state index >= 15 is 0 Å². The number of carbonyl (C=O) groups is 1. The van der Waals surface area contributed by atoms with Crippen LogP contribution < -0.4 is 4.90 Å². The maximum atomic E-state index is 12.2. The molecule has 6 heteroatoms. The van der Waals surface area contributed by atoms with E-state index in [9.17, 15) is 4.79 Å². The third-order valence-electron chi connectivity index (χ3n) is 4.64. The lowest BCUT2D eigenvalue weighted by molar-refractivity contribution is 0.0984. The van der Waals surface area contributed by atoms with E-state index in [0.29, 0.717) is 22.1 Å². The zero-order valence-corrected chi connectivity index (χ0v) is 15.9. The van der Waals surface area contributed by atoms with E-state index in [1.807, 2.05) is 6.07 Å². The van der Waals surface area contributed by atoms with Gasteiger partial charge in [0.05, 0.1) is 9.21 Å². The fourth-order valence-corrected chi connectivity index (χ4v) is 4.22. The smallest absolute Gasteiger partial charge is 0.173 e. The molecule has 26 heavy (non-hydrogen) atoms. The number of thiophene rings is 1. The predicted octanol–water partition coefficient (Wildman–Crippen LogP) is 5.47. The lowest BCUT2D eigenvalue weighted by Crippen LogP contribution is -2.17. The molecule has 0 saturated carbocycles. The number of carbonyl (C=O) groups excluding carboxylic acids is 1. The number of Topliss-reactive ketones (excluding diaryl/α,β-unsaturated/α-hetero) is 1. The van der Waals surface area contributed by atoms with Crippen LogP contribution in [0, 0.1) is 0 Å². The first-order chi connectivity index (χ1) is 12.7. The number of aromatic nitrogens is 1. The molecular weight excluding hydrogens is 368 g/mol. The quantitative estimate of drug-likeness (QED) is 0.527. The van der Waals surface area contributed by atoms with E-state index in [1.165, 1.54) is 29.9 Å². The van der Waals surface area contributed by atoms with Crippen LogP contribution in [0.3, 0.4) is 0 Å². The summed E-state index contributed by atoms with van der Waals surface area (Å²) in [7, 11) is 0. The maximum Gasteiger partial charge on any atom is 0.173 e. The van der Waals surface area contributed by atoms with Gasteiger partial charge in [0.1, 0.15) is 11.5 Å². The summed E-state index contributed by atoms with van der Waals surface area (Å²) < 4.78 is 6.04. The zero-order valence-electron chi connectivity index (χ0n) is 14.3. The number of benzene rings is 1. The molecule has 0 unspecified atom stereocenters. The Bertz CT molecular complexity index is 895. The highest BCUT2D eigenvalue weighted by molar-refractivity contribution is 7.18. The molecule has 4 rings (SSSR count). The van der Waals surface area contributed by atoms with Crippen LogP contribution in [-0.4, -0.2) is 24.0 Å². The fraction of sp³-hybridized carbons (Fsp3) is 0.300. The molecule has 1 fully saturated rings. The van der Waals surface area contributed by atoms with Crippen molar-refractivity contribution in [3.63, 3.8) is 0 Å². The summed E-state index contributed by atoms with van der Waals surface area (Å²) in [5.41, 5.74) is 3.09. The molecule has 3 aromatic rings. The minimum Gasteiger partial charge on any atom is -0.372 e. The Morgan fingerprint density at radius 2 is 1.92 bits per heavy atom. The monoisotopic (exact) mass is 386 g/mol. The molecule has 4 nitrogen and oxygen atoms in total. The number of nitrogens with zero attached hydrogens (tertiary/aromatic N) is 2. The van der Waals surface area contributed by atoms with Gasteiger partial charge in [-0.3, -0.25) is 4.79 Å². The first-order valence-electron chi connectivity index (χ1n) is 8.78. The van der Waals surface area contributed by atoms with Crippen LogP contribution in [0.15, 0.2) is 47.0 Å². The second-order valence-corrected chi connectivity index (χ2v) is 8.16. The minimum absolute atomic E-state index is 0.0785. The van der Waals surface area contributed by atoms with Crippen molar-refractivity contribution >= 4 is 34.4 Å². The van der Waals surface area contributed by atoms with Crippen molar-refractivity contribution in [1.29, 1.82) is 0 Å². The summed E-state index contributed by atoms with van der Waals surface area (Å²) in [4.78, 5) is 15.2. The van der Waals surface area contributed by atoms with E-state index in [2.05, 4.69) is 34.3 Å². The Balaban J connectivity index is 1.38. The maximum absolute atomic E-state index is 12.2. The Hall–Kier alpha value is -2.11. The summed E-state index contributed by atoms with van der Waals surface area (Å²) in [5, 5.41) is 4.15. The van der Waals surface area contributed by atoms with Crippen molar-refractivity contribution in [2.75, 3.05) is 18.0 Å². The number of rotatable bonds is 6. The van der Waals surface area contributed by atoms with E-state index in [-0.39, 0.29) is 5.78 Å². The van der Waals surface area contributed by atoms with Gasteiger partial charge in [0, 0.05) is 43.2 Å². The largest absolute Gasteiger partial charge is 0.372 e. The topological polar surface area (TPSA) is 46.3 Å². The van der Waals surface area contributed by atoms with Crippen LogP contribution in [0.2, 0.25) is 4.34 Å². The Labute approximate surface area is 161 Å². The molecule has 0 bridgehead atoms. The van der Waals surface area contributed by atoms with E-state index < -0.39 is 0 Å². The van der Waals surface area contributed by atoms with Gasteiger partial charge in [0.2, 0.25) is 0 Å². The highest BCUT2D eigenvalue weighted by Gasteiger charge is 2.14. The lowest BCUT2D eigenvalue weighted by atomic mass is 10.1. The summed E-state index contributed by atoms with van der Waals surface area (Å²) in [6, 6.07) is 13.9. The van der Waals surface area contributed by atoms with Crippen molar-refractivity contribution in [3.05, 3.63) is 57.4 Å². The second kappa shape index (κ2) is 7.64. The molecule has 3 heterocycles. The van der Waals surface area contributed by atoms with E-state index in [1.54, 1.807) is 12.1 Å². The van der Waals surface area contributed by atoms with Gasteiger partial charge < -0.3 is 9.42 Å². The summed E-state index contributed by atoms with van der Waals surface area (Å²) in [5.74, 6) is 0.800. The van der Waals surface area contributed by atoms with Crippen molar-refractivity contribution in [1.82, 2.24) is 5.16 Å². The second-order valence-electron chi connectivity index (χ2n) is 6.45. The van der Waals surface area contributed by atoms with Crippen LogP contribution in [0.25, 0.3) is 11.3 Å². The number of hydrogen-bond donors (Lipinski definition) is 0. The number of hydrogen-bond acceptors (Lipinski definition) is 5. The molecule has 1 aliphatic heterocycles. The molecular formula is C20H19ClN2O2S. The van der Waals surface area contributed by atoms with Crippen LogP contribution in [0.1, 0.15) is 34.7 Å². The SMILES string of the molecule is O=C(CCc1cc(-c2ccc(N3CCCC3)cc2)no1)c1ccc(Cl)s1. The average Bonchev–Trinajstić information content (AvgIpc) is 3.41. The highest BCUT2D eigenvalue weighted by atomic mass is 35.5. The molecule has 0 spiro atoms. The predicted molar refractivity (Wildman–Crippen MR) is 105 cm³/mol. The Morgan fingerprint density at radius 3 is 2.62 bits per heavy atom. The van der Waals surface area contributed by atoms with Crippen molar-refractivity contribution in [2.24, 2.45) is 0 Å². The fourth-order valence-electron chi connectivity index (χ4n) is 3.21. The van der Waals surface area contributed by atoms with Gasteiger partial charge in [-0.15, -0.1) is 11.3 Å². The van der Waals surface area contributed by atoms with E-state index in [4.69, 9.17) is 16.1 Å². The van der Waals surface area contributed by atoms with Crippen LogP contribution >= 0.6 is 22.9 Å². The molecule has 0 amide bonds. The highest BCUT2D eigenvalue weighted by Crippen LogP contribution is 2.26.